The van der Waals surface area contributed by atoms with Crippen molar-refractivity contribution in [2.24, 2.45) is 5.92 Å². The molecule has 3 heterocycles. The third kappa shape index (κ3) is 4.94. The van der Waals surface area contributed by atoms with Gasteiger partial charge in [-0.25, -0.2) is 4.98 Å². The predicted octanol–water partition coefficient (Wildman–Crippen LogP) is 6.97. The predicted molar refractivity (Wildman–Crippen MR) is 141 cm³/mol. The number of pyridine rings is 1. The minimum Gasteiger partial charge on any atom is -0.474 e. The lowest BCUT2D eigenvalue weighted by Gasteiger charge is -2.45. The Bertz CT molecular complexity index is 1330. The fourth-order valence-electron chi connectivity index (χ4n) is 5.35. The highest BCUT2D eigenvalue weighted by Crippen LogP contribution is 2.48. The summed E-state index contributed by atoms with van der Waals surface area (Å²) in [5.41, 5.74) is 0.169. The van der Waals surface area contributed by atoms with E-state index in [0.29, 0.717) is 21.8 Å². The van der Waals surface area contributed by atoms with Crippen LogP contribution in [0, 0.1) is 5.92 Å². The number of piperidine rings is 1. The van der Waals surface area contributed by atoms with Gasteiger partial charge in [-0.05, 0) is 65.8 Å². The summed E-state index contributed by atoms with van der Waals surface area (Å²) in [6.07, 6.45) is -4.16. The molecule has 2 fully saturated rings. The highest BCUT2D eigenvalue weighted by Gasteiger charge is 2.54. The Labute approximate surface area is 232 Å². The number of aromatic nitrogens is 1. The molecule has 1 aromatic carbocycles. The van der Waals surface area contributed by atoms with E-state index in [-0.39, 0.29) is 43.8 Å². The van der Waals surface area contributed by atoms with Crippen molar-refractivity contribution < 1.29 is 27.5 Å². The fraction of sp³-hybridized carbons (Fsp3) is 0.370. The van der Waals surface area contributed by atoms with Crippen molar-refractivity contribution in [1.82, 2.24) is 9.29 Å². The van der Waals surface area contributed by atoms with E-state index in [1.165, 1.54) is 15.6 Å². The molecule has 3 aromatic rings. The van der Waals surface area contributed by atoms with Crippen LogP contribution in [-0.4, -0.2) is 33.3 Å². The van der Waals surface area contributed by atoms with Crippen LogP contribution in [0.15, 0.2) is 59.3 Å². The molecule has 2 unspecified atom stereocenters. The Hall–Kier alpha value is -2.56. The molecule has 0 radical (unpaired) electrons. The third-order valence-electron chi connectivity index (χ3n) is 7.36. The van der Waals surface area contributed by atoms with Crippen molar-refractivity contribution in [2.75, 3.05) is 0 Å². The molecule has 1 aliphatic carbocycles. The first-order chi connectivity index (χ1) is 18.1. The number of carbonyl (C=O) groups is 2. The standard InChI is InChI=1S/C27H24ClF3N2O3S2/c28-20-5-2-1-4-19(20)24-21(34)14-26(33(37)25(24)35,17-12-13-38-15-17)22-6-3-7-23(32-22)36-18-10-8-16(9-11-18)27(29,30)31/h1-7,12-13,15-16,18,24,37H,8-11,14H2. The zero-order chi connectivity index (χ0) is 27.1. The fourth-order valence-corrected chi connectivity index (χ4v) is 6.73. The average molecular weight is 581 g/mol. The van der Waals surface area contributed by atoms with E-state index in [1.54, 1.807) is 42.5 Å². The maximum Gasteiger partial charge on any atom is 0.391 e. The van der Waals surface area contributed by atoms with Gasteiger partial charge in [-0.2, -0.15) is 24.5 Å². The molecule has 1 aliphatic heterocycles. The number of ketones is 1. The van der Waals surface area contributed by atoms with Crippen molar-refractivity contribution in [3.05, 3.63) is 81.1 Å². The molecule has 1 amide bonds. The van der Waals surface area contributed by atoms with Gasteiger partial charge in [-0.1, -0.05) is 48.7 Å². The first-order valence-electron chi connectivity index (χ1n) is 12.1. The Balaban J connectivity index is 1.46. The summed E-state index contributed by atoms with van der Waals surface area (Å²) in [4.78, 5) is 32.0. The van der Waals surface area contributed by atoms with Crippen LogP contribution in [0.3, 0.4) is 0 Å². The number of benzene rings is 1. The maximum absolute atomic E-state index is 13.7. The van der Waals surface area contributed by atoms with Crippen LogP contribution in [0.1, 0.15) is 54.8 Å². The first-order valence-corrected chi connectivity index (χ1v) is 13.9. The molecule has 200 valence electrons. The summed E-state index contributed by atoms with van der Waals surface area (Å²) in [6, 6.07) is 13.6. The summed E-state index contributed by atoms with van der Waals surface area (Å²) in [7, 11) is 0. The Morgan fingerprint density at radius 2 is 1.79 bits per heavy atom. The largest absolute Gasteiger partial charge is 0.474 e. The molecule has 0 bridgehead atoms. The molecule has 1 saturated heterocycles. The molecule has 0 N–H and O–H groups in total. The number of thiophene rings is 1. The number of carbonyl (C=O) groups excluding carboxylic acids is 2. The number of amides is 1. The zero-order valence-electron chi connectivity index (χ0n) is 20.0. The Morgan fingerprint density at radius 3 is 2.45 bits per heavy atom. The summed E-state index contributed by atoms with van der Waals surface area (Å²) in [6.45, 7) is 0. The van der Waals surface area contributed by atoms with Crippen molar-refractivity contribution >= 4 is 47.4 Å². The van der Waals surface area contributed by atoms with E-state index in [4.69, 9.17) is 16.3 Å². The van der Waals surface area contributed by atoms with Gasteiger partial charge in [0, 0.05) is 17.5 Å². The molecule has 2 atom stereocenters. The number of hydrogen-bond donors (Lipinski definition) is 1. The number of nitrogens with zero attached hydrogens (tertiary/aromatic N) is 2. The lowest BCUT2D eigenvalue weighted by atomic mass is 9.75. The van der Waals surface area contributed by atoms with Gasteiger partial charge >= 0.3 is 6.18 Å². The minimum atomic E-state index is -4.20. The van der Waals surface area contributed by atoms with E-state index < -0.39 is 35.6 Å². The van der Waals surface area contributed by atoms with Crippen LogP contribution in [-0.2, 0) is 15.1 Å². The number of alkyl halides is 3. The van der Waals surface area contributed by atoms with Crippen molar-refractivity contribution in [3.8, 4) is 5.88 Å². The Morgan fingerprint density at radius 1 is 1.05 bits per heavy atom. The van der Waals surface area contributed by atoms with Gasteiger partial charge in [0.15, 0.2) is 5.78 Å². The molecule has 2 aliphatic rings. The van der Waals surface area contributed by atoms with Crippen LogP contribution in [0.4, 0.5) is 13.2 Å². The lowest BCUT2D eigenvalue weighted by molar-refractivity contribution is -0.185. The SMILES string of the molecule is O=C1CC(c2ccsc2)(c2cccc(OC3CCC(C(F)(F)F)CC3)n2)N(S)C(=O)C1c1ccccc1Cl. The number of thiol groups is 1. The quantitative estimate of drug-likeness (QED) is 0.261. The van der Waals surface area contributed by atoms with Crippen LogP contribution in [0.25, 0.3) is 0 Å². The van der Waals surface area contributed by atoms with Gasteiger partial charge in [-0.15, -0.1) is 0 Å². The molecule has 5 rings (SSSR count). The highest BCUT2D eigenvalue weighted by molar-refractivity contribution is 7.78. The number of ether oxygens (including phenoxy) is 1. The molecule has 11 heteroatoms. The monoisotopic (exact) mass is 580 g/mol. The number of halogens is 4. The van der Waals surface area contributed by atoms with E-state index in [1.807, 2.05) is 16.8 Å². The lowest BCUT2D eigenvalue weighted by Crippen LogP contribution is -2.54. The maximum atomic E-state index is 13.7. The van der Waals surface area contributed by atoms with Gasteiger partial charge in [0.05, 0.1) is 11.6 Å². The first kappa shape index (κ1) is 27.0. The summed E-state index contributed by atoms with van der Waals surface area (Å²) in [5, 5.41) is 4.00. The second kappa shape index (κ2) is 10.5. The zero-order valence-corrected chi connectivity index (χ0v) is 22.5. The smallest absolute Gasteiger partial charge is 0.391 e. The number of Topliss-reactive ketones (excluding diaryl/α,β-unsaturated/α-hetero) is 1. The topological polar surface area (TPSA) is 59.5 Å². The summed E-state index contributed by atoms with van der Waals surface area (Å²) >= 11 is 12.4. The Kier molecular flexibility index (Phi) is 7.50. The van der Waals surface area contributed by atoms with Crippen molar-refractivity contribution in [2.45, 2.75) is 55.8 Å². The minimum absolute atomic E-state index is 0.00353. The van der Waals surface area contributed by atoms with Crippen LogP contribution in [0.5, 0.6) is 5.88 Å². The van der Waals surface area contributed by atoms with E-state index in [2.05, 4.69) is 17.8 Å². The second-order valence-electron chi connectivity index (χ2n) is 9.61. The van der Waals surface area contributed by atoms with E-state index >= 15 is 0 Å². The normalized spacial score (nSPS) is 26.4. The van der Waals surface area contributed by atoms with Crippen LogP contribution in [0.2, 0.25) is 5.02 Å². The molecule has 2 aromatic heterocycles. The molecule has 0 spiro atoms. The van der Waals surface area contributed by atoms with Crippen LogP contribution < -0.4 is 4.74 Å². The van der Waals surface area contributed by atoms with Crippen molar-refractivity contribution in [1.29, 1.82) is 0 Å². The van der Waals surface area contributed by atoms with Crippen LogP contribution >= 0.6 is 35.8 Å². The second-order valence-corrected chi connectivity index (χ2v) is 11.2. The van der Waals surface area contributed by atoms with E-state index in [9.17, 15) is 22.8 Å². The van der Waals surface area contributed by atoms with Gasteiger partial charge in [-0.3, -0.25) is 13.9 Å². The highest BCUT2D eigenvalue weighted by atomic mass is 35.5. The van der Waals surface area contributed by atoms with Gasteiger partial charge in [0.1, 0.15) is 17.6 Å². The van der Waals surface area contributed by atoms with Crippen molar-refractivity contribution in [3.63, 3.8) is 0 Å². The summed E-state index contributed by atoms with van der Waals surface area (Å²) in [5.74, 6) is -3.04. The van der Waals surface area contributed by atoms with E-state index in [0.717, 1.165) is 0 Å². The van der Waals surface area contributed by atoms with Gasteiger partial charge < -0.3 is 4.74 Å². The third-order valence-corrected chi connectivity index (χ3v) is 8.92. The average Bonchev–Trinajstić information content (AvgIpc) is 3.43. The summed E-state index contributed by atoms with van der Waals surface area (Å²) < 4.78 is 46.4. The molecular weight excluding hydrogens is 557 g/mol. The number of hydrogen-bond acceptors (Lipinski definition) is 6. The van der Waals surface area contributed by atoms with Gasteiger partial charge in [0.25, 0.3) is 0 Å². The molecule has 1 saturated carbocycles. The molecule has 38 heavy (non-hydrogen) atoms. The number of rotatable bonds is 5. The molecule has 5 nitrogen and oxygen atoms in total. The molecular formula is C27H24ClF3N2O3S2. The van der Waals surface area contributed by atoms with Gasteiger partial charge in [0.2, 0.25) is 11.8 Å².